The number of thioether (sulfide) groups is 1. The second-order valence-corrected chi connectivity index (χ2v) is 6.79. The van der Waals surface area contributed by atoms with Crippen LogP contribution in [0.1, 0.15) is 11.1 Å². The smallest absolute Gasteiger partial charge is 0.240 e. The van der Waals surface area contributed by atoms with Gasteiger partial charge in [-0.2, -0.15) is 0 Å². The standard InChI is InChI=1S/C17H16N2OS/c18-13-6-5-11-7-8-19(14(11)10-13)17(20)16-9-12-3-1-2-4-15(12)21-16/h1-6,10,16H,7-9,18H2. The Morgan fingerprint density at radius 3 is 2.90 bits per heavy atom. The van der Waals surface area contributed by atoms with Crippen LogP contribution in [-0.2, 0) is 17.6 Å². The predicted molar refractivity (Wildman–Crippen MR) is 86.7 cm³/mol. The number of nitrogens with two attached hydrogens (primary N) is 1. The highest BCUT2D eigenvalue weighted by Crippen LogP contribution is 2.39. The number of anilines is 2. The first-order valence-electron chi connectivity index (χ1n) is 7.17. The lowest BCUT2D eigenvalue weighted by atomic mass is 10.1. The fraction of sp³-hybridized carbons (Fsp3) is 0.235. The first-order chi connectivity index (χ1) is 10.2. The fourth-order valence-corrected chi connectivity index (χ4v) is 4.38. The van der Waals surface area contributed by atoms with Crippen LogP contribution < -0.4 is 10.6 Å². The Kier molecular flexibility index (Phi) is 2.93. The van der Waals surface area contributed by atoms with E-state index >= 15 is 0 Å². The number of carbonyl (C=O) groups excluding carboxylic acids is 1. The third kappa shape index (κ3) is 2.10. The summed E-state index contributed by atoms with van der Waals surface area (Å²) in [5.74, 6) is 0.209. The van der Waals surface area contributed by atoms with Crippen LogP contribution in [0.3, 0.4) is 0 Å². The van der Waals surface area contributed by atoms with Gasteiger partial charge < -0.3 is 10.6 Å². The molecule has 2 heterocycles. The van der Waals surface area contributed by atoms with Crippen molar-refractivity contribution >= 4 is 29.0 Å². The maximum Gasteiger partial charge on any atom is 0.240 e. The van der Waals surface area contributed by atoms with Gasteiger partial charge in [-0.25, -0.2) is 0 Å². The van der Waals surface area contributed by atoms with Gasteiger partial charge >= 0.3 is 0 Å². The summed E-state index contributed by atoms with van der Waals surface area (Å²) >= 11 is 1.69. The number of nitrogens with zero attached hydrogens (tertiary/aromatic N) is 1. The third-order valence-electron chi connectivity index (χ3n) is 4.19. The minimum Gasteiger partial charge on any atom is -0.399 e. The number of hydrogen-bond acceptors (Lipinski definition) is 3. The summed E-state index contributed by atoms with van der Waals surface area (Å²) in [6, 6.07) is 14.2. The van der Waals surface area contributed by atoms with Crippen LogP contribution in [0.4, 0.5) is 11.4 Å². The summed E-state index contributed by atoms with van der Waals surface area (Å²) in [6.07, 6.45) is 1.75. The van der Waals surface area contributed by atoms with Gasteiger partial charge in [0.05, 0.1) is 5.25 Å². The number of rotatable bonds is 1. The largest absolute Gasteiger partial charge is 0.399 e. The van der Waals surface area contributed by atoms with E-state index in [2.05, 4.69) is 12.1 Å². The second kappa shape index (κ2) is 4.81. The summed E-state index contributed by atoms with van der Waals surface area (Å²) in [5.41, 5.74) is 10.1. The Morgan fingerprint density at radius 2 is 2.05 bits per heavy atom. The average molecular weight is 296 g/mol. The Balaban J connectivity index is 1.60. The SMILES string of the molecule is Nc1ccc2c(c1)N(C(=O)C1Cc3ccccc3S1)CC2. The first kappa shape index (κ1) is 12.8. The third-order valence-corrected chi connectivity index (χ3v) is 5.50. The number of carbonyl (C=O) groups is 1. The van der Waals surface area contributed by atoms with Gasteiger partial charge in [-0.15, -0.1) is 11.8 Å². The van der Waals surface area contributed by atoms with Crippen molar-refractivity contribution in [3.8, 4) is 0 Å². The van der Waals surface area contributed by atoms with Crippen molar-refractivity contribution in [1.29, 1.82) is 0 Å². The van der Waals surface area contributed by atoms with Gasteiger partial charge in [-0.3, -0.25) is 4.79 Å². The molecule has 0 fully saturated rings. The van der Waals surface area contributed by atoms with Crippen LogP contribution in [0.5, 0.6) is 0 Å². The van der Waals surface area contributed by atoms with Gasteiger partial charge in [0.25, 0.3) is 0 Å². The Bertz CT molecular complexity index is 703. The monoisotopic (exact) mass is 296 g/mol. The molecule has 0 aromatic heterocycles. The molecule has 0 saturated carbocycles. The molecule has 0 aliphatic carbocycles. The molecule has 21 heavy (non-hydrogen) atoms. The molecule has 2 aliphatic rings. The highest BCUT2D eigenvalue weighted by atomic mass is 32.2. The second-order valence-electron chi connectivity index (χ2n) is 5.55. The number of hydrogen-bond donors (Lipinski definition) is 1. The lowest BCUT2D eigenvalue weighted by Gasteiger charge is -2.21. The zero-order valence-electron chi connectivity index (χ0n) is 11.6. The summed E-state index contributed by atoms with van der Waals surface area (Å²) in [4.78, 5) is 16.0. The summed E-state index contributed by atoms with van der Waals surface area (Å²) in [7, 11) is 0. The van der Waals surface area contributed by atoms with E-state index in [0.29, 0.717) is 0 Å². The molecule has 1 unspecified atom stereocenters. The quantitative estimate of drug-likeness (QED) is 0.823. The molecule has 2 aliphatic heterocycles. The minimum atomic E-state index is -0.00483. The van der Waals surface area contributed by atoms with E-state index in [4.69, 9.17) is 5.73 Å². The zero-order chi connectivity index (χ0) is 14.4. The van der Waals surface area contributed by atoms with Crippen molar-refractivity contribution in [2.45, 2.75) is 23.0 Å². The normalized spacial score (nSPS) is 19.4. The Hall–Kier alpha value is -1.94. The molecule has 3 nitrogen and oxygen atoms in total. The number of fused-ring (bicyclic) bond motifs is 2. The molecular weight excluding hydrogens is 280 g/mol. The van der Waals surface area contributed by atoms with Gasteiger partial charge in [-0.1, -0.05) is 24.3 Å². The van der Waals surface area contributed by atoms with Crippen molar-refractivity contribution < 1.29 is 4.79 Å². The maximum absolute atomic E-state index is 12.9. The molecule has 2 aromatic carbocycles. The minimum absolute atomic E-state index is 0.00483. The fourth-order valence-electron chi connectivity index (χ4n) is 3.12. The molecular formula is C17H16N2OS. The molecule has 0 radical (unpaired) electrons. The van der Waals surface area contributed by atoms with E-state index in [0.717, 1.165) is 30.8 Å². The maximum atomic E-state index is 12.9. The van der Waals surface area contributed by atoms with E-state index in [1.807, 2.05) is 35.2 Å². The van der Waals surface area contributed by atoms with Crippen LogP contribution in [-0.4, -0.2) is 17.7 Å². The van der Waals surface area contributed by atoms with E-state index in [9.17, 15) is 4.79 Å². The van der Waals surface area contributed by atoms with Crippen LogP contribution >= 0.6 is 11.8 Å². The molecule has 0 saturated heterocycles. The molecule has 0 spiro atoms. The first-order valence-corrected chi connectivity index (χ1v) is 8.05. The summed E-state index contributed by atoms with van der Waals surface area (Å²) in [5, 5.41) is -0.00483. The molecule has 2 N–H and O–H groups in total. The lowest BCUT2D eigenvalue weighted by Crippen LogP contribution is -2.36. The molecule has 1 amide bonds. The number of benzene rings is 2. The van der Waals surface area contributed by atoms with Crippen LogP contribution in [0.2, 0.25) is 0 Å². The highest BCUT2D eigenvalue weighted by Gasteiger charge is 2.34. The van der Waals surface area contributed by atoms with Gasteiger partial charge in [-0.05, 0) is 42.2 Å². The molecule has 1 atom stereocenters. The summed E-state index contributed by atoms with van der Waals surface area (Å²) in [6.45, 7) is 0.769. The molecule has 106 valence electrons. The van der Waals surface area contributed by atoms with Crippen molar-refractivity contribution in [3.63, 3.8) is 0 Å². The van der Waals surface area contributed by atoms with Crippen molar-refractivity contribution in [2.24, 2.45) is 0 Å². The van der Waals surface area contributed by atoms with Gasteiger partial charge in [0.1, 0.15) is 0 Å². The van der Waals surface area contributed by atoms with E-state index in [-0.39, 0.29) is 11.2 Å². The zero-order valence-corrected chi connectivity index (χ0v) is 12.4. The van der Waals surface area contributed by atoms with E-state index in [1.54, 1.807) is 11.8 Å². The van der Waals surface area contributed by atoms with Crippen LogP contribution in [0.15, 0.2) is 47.4 Å². The Morgan fingerprint density at radius 1 is 1.19 bits per heavy atom. The number of nitrogen functional groups attached to an aromatic ring is 1. The van der Waals surface area contributed by atoms with Crippen LogP contribution in [0.25, 0.3) is 0 Å². The van der Waals surface area contributed by atoms with Crippen molar-refractivity contribution in [1.82, 2.24) is 0 Å². The molecule has 4 heteroatoms. The highest BCUT2D eigenvalue weighted by molar-refractivity contribution is 8.01. The van der Waals surface area contributed by atoms with Gasteiger partial charge in [0.15, 0.2) is 0 Å². The average Bonchev–Trinajstić information content (AvgIpc) is 3.09. The van der Waals surface area contributed by atoms with E-state index < -0.39 is 0 Å². The molecule has 2 aromatic rings. The topological polar surface area (TPSA) is 46.3 Å². The molecule has 4 rings (SSSR count). The van der Waals surface area contributed by atoms with Crippen LogP contribution in [0, 0.1) is 0 Å². The van der Waals surface area contributed by atoms with Gasteiger partial charge in [0, 0.05) is 22.8 Å². The number of amides is 1. The summed E-state index contributed by atoms with van der Waals surface area (Å²) < 4.78 is 0. The Labute approximate surface area is 128 Å². The van der Waals surface area contributed by atoms with Gasteiger partial charge in [0.2, 0.25) is 5.91 Å². The van der Waals surface area contributed by atoms with E-state index in [1.165, 1.54) is 16.0 Å². The van der Waals surface area contributed by atoms with Crippen molar-refractivity contribution in [2.75, 3.05) is 17.2 Å². The lowest BCUT2D eigenvalue weighted by molar-refractivity contribution is -0.117. The van der Waals surface area contributed by atoms with Crippen molar-refractivity contribution in [3.05, 3.63) is 53.6 Å². The predicted octanol–water partition coefficient (Wildman–Crippen LogP) is 2.87. The molecule has 0 bridgehead atoms.